The smallest absolute Gasteiger partial charge is 0.0821 e. The van der Waals surface area contributed by atoms with Gasteiger partial charge in [-0.05, 0) is 74.0 Å². The maximum Gasteiger partial charge on any atom is 0.0821 e. The Kier molecular flexibility index (Phi) is 7.08. The summed E-state index contributed by atoms with van der Waals surface area (Å²) in [6.07, 6.45) is 12.3. The minimum Gasteiger partial charge on any atom is -0.377 e. The molecule has 0 aliphatic heterocycles. The summed E-state index contributed by atoms with van der Waals surface area (Å²) in [5, 5.41) is 0. The van der Waals surface area contributed by atoms with E-state index in [1.165, 1.54) is 48.8 Å². The van der Waals surface area contributed by atoms with E-state index >= 15 is 0 Å². The lowest BCUT2D eigenvalue weighted by molar-refractivity contribution is 0.0864. The highest BCUT2D eigenvalue weighted by Crippen LogP contribution is 2.38. The lowest BCUT2D eigenvalue weighted by Crippen LogP contribution is -2.14. The summed E-state index contributed by atoms with van der Waals surface area (Å²) in [6, 6.07) is 19.8. The van der Waals surface area contributed by atoms with Gasteiger partial charge in [0.25, 0.3) is 0 Å². The SMILES string of the molecule is C/C=C/c1ccc(C2CCC(CCC(OC)c3ccccc3)CC2)cc1. The van der Waals surface area contributed by atoms with Gasteiger partial charge in [0.1, 0.15) is 0 Å². The Morgan fingerprint density at radius 3 is 2.27 bits per heavy atom. The van der Waals surface area contributed by atoms with E-state index in [0.717, 1.165) is 18.3 Å². The zero-order chi connectivity index (χ0) is 18.2. The Morgan fingerprint density at radius 2 is 1.65 bits per heavy atom. The van der Waals surface area contributed by atoms with Crippen LogP contribution in [0.5, 0.6) is 0 Å². The molecule has 0 N–H and O–H groups in total. The largest absolute Gasteiger partial charge is 0.377 e. The van der Waals surface area contributed by atoms with Crippen LogP contribution in [-0.4, -0.2) is 7.11 Å². The van der Waals surface area contributed by atoms with Gasteiger partial charge in [-0.2, -0.15) is 0 Å². The molecule has 0 heterocycles. The Hall–Kier alpha value is -1.86. The van der Waals surface area contributed by atoms with Crippen molar-refractivity contribution in [3.05, 3.63) is 77.4 Å². The molecule has 1 nitrogen and oxygen atoms in total. The van der Waals surface area contributed by atoms with Crippen molar-refractivity contribution in [2.24, 2.45) is 5.92 Å². The molecule has 2 aromatic rings. The summed E-state index contributed by atoms with van der Waals surface area (Å²) in [6.45, 7) is 2.07. The fraction of sp³-hybridized carbons (Fsp3) is 0.440. The molecule has 0 aromatic heterocycles. The molecule has 0 radical (unpaired) electrons. The van der Waals surface area contributed by atoms with Crippen LogP contribution in [0.25, 0.3) is 6.08 Å². The maximum atomic E-state index is 5.74. The Morgan fingerprint density at radius 1 is 0.962 bits per heavy atom. The fourth-order valence-electron chi connectivity index (χ4n) is 4.33. The summed E-state index contributed by atoms with van der Waals surface area (Å²) in [5.74, 6) is 1.60. The van der Waals surface area contributed by atoms with Crippen LogP contribution in [0.4, 0.5) is 0 Å². The van der Waals surface area contributed by atoms with Crippen LogP contribution >= 0.6 is 0 Å². The molecular formula is C25H32O. The predicted octanol–water partition coefficient (Wildman–Crippen LogP) is 7.16. The van der Waals surface area contributed by atoms with Gasteiger partial charge in [0, 0.05) is 7.11 Å². The second-order valence-corrected chi connectivity index (χ2v) is 7.60. The highest BCUT2D eigenvalue weighted by atomic mass is 16.5. The van der Waals surface area contributed by atoms with Crippen LogP contribution in [0.15, 0.2) is 60.7 Å². The molecule has 1 aliphatic rings. The number of ether oxygens (including phenoxy) is 1. The zero-order valence-electron chi connectivity index (χ0n) is 16.2. The van der Waals surface area contributed by atoms with Gasteiger partial charge in [0.15, 0.2) is 0 Å². The highest BCUT2D eigenvalue weighted by molar-refractivity contribution is 5.49. The third kappa shape index (κ3) is 5.08. The monoisotopic (exact) mass is 348 g/mol. The second kappa shape index (κ2) is 9.73. The van der Waals surface area contributed by atoms with Crippen LogP contribution in [-0.2, 0) is 4.74 Å². The first kappa shape index (κ1) is 18.9. The van der Waals surface area contributed by atoms with Gasteiger partial charge < -0.3 is 4.74 Å². The van der Waals surface area contributed by atoms with Crippen LogP contribution in [0, 0.1) is 5.92 Å². The zero-order valence-corrected chi connectivity index (χ0v) is 16.2. The lowest BCUT2D eigenvalue weighted by atomic mass is 9.76. The quantitative estimate of drug-likeness (QED) is 0.515. The molecule has 3 rings (SSSR count). The number of allylic oxidation sites excluding steroid dienone is 1. The highest BCUT2D eigenvalue weighted by Gasteiger charge is 2.23. The van der Waals surface area contributed by atoms with E-state index in [9.17, 15) is 0 Å². The van der Waals surface area contributed by atoms with Crippen molar-refractivity contribution in [3.63, 3.8) is 0 Å². The molecule has 26 heavy (non-hydrogen) atoms. The molecule has 1 saturated carbocycles. The van der Waals surface area contributed by atoms with Gasteiger partial charge >= 0.3 is 0 Å². The Balaban J connectivity index is 1.47. The molecule has 0 spiro atoms. The van der Waals surface area contributed by atoms with Gasteiger partial charge in [0.05, 0.1) is 6.10 Å². The third-order valence-corrected chi connectivity index (χ3v) is 5.91. The van der Waals surface area contributed by atoms with Gasteiger partial charge in [-0.15, -0.1) is 0 Å². The Bertz CT molecular complexity index is 663. The molecule has 2 aromatic carbocycles. The molecule has 138 valence electrons. The van der Waals surface area contributed by atoms with E-state index in [0.29, 0.717) is 0 Å². The number of rotatable bonds is 7. The fourth-order valence-corrected chi connectivity index (χ4v) is 4.33. The molecule has 0 bridgehead atoms. The molecule has 1 atom stereocenters. The van der Waals surface area contributed by atoms with E-state index in [1.54, 1.807) is 0 Å². The normalized spacial score (nSPS) is 21.8. The Labute approximate surface area is 159 Å². The van der Waals surface area contributed by atoms with Crippen LogP contribution in [0.2, 0.25) is 0 Å². The molecule has 1 heteroatoms. The van der Waals surface area contributed by atoms with Crippen molar-refractivity contribution in [2.75, 3.05) is 7.11 Å². The summed E-state index contributed by atoms with van der Waals surface area (Å²) in [5.41, 5.74) is 4.14. The summed E-state index contributed by atoms with van der Waals surface area (Å²) in [4.78, 5) is 0. The van der Waals surface area contributed by atoms with E-state index in [2.05, 4.69) is 73.7 Å². The topological polar surface area (TPSA) is 9.23 Å². The molecule has 1 fully saturated rings. The third-order valence-electron chi connectivity index (χ3n) is 5.91. The number of hydrogen-bond acceptors (Lipinski definition) is 1. The predicted molar refractivity (Wildman–Crippen MR) is 111 cm³/mol. The van der Waals surface area contributed by atoms with E-state index < -0.39 is 0 Å². The first-order valence-corrected chi connectivity index (χ1v) is 10.1. The van der Waals surface area contributed by atoms with Crippen molar-refractivity contribution in [1.82, 2.24) is 0 Å². The summed E-state index contributed by atoms with van der Waals surface area (Å²) >= 11 is 0. The standard InChI is InChI=1S/C25H32O/c1-3-7-20-10-15-22(16-11-20)23-17-12-21(13-18-23)14-19-25(26-2)24-8-5-4-6-9-24/h3-11,15-16,21,23,25H,12-14,17-19H2,1-2H3/b7-3+. The first-order chi connectivity index (χ1) is 12.8. The number of benzene rings is 2. The van der Waals surface area contributed by atoms with Crippen molar-refractivity contribution < 1.29 is 4.74 Å². The summed E-state index contributed by atoms with van der Waals surface area (Å²) in [7, 11) is 1.84. The number of methoxy groups -OCH3 is 1. The second-order valence-electron chi connectivity index (χ2n) is 7.60. The molecule has 1 unspecified atom stereocenters. The van der Waals surface area contributed by atoms with Crippen molar-refractivity contribution >= 4 is 6.08 Å². The van der Waals surface area contributed by atoms with Gasteiger partial charge in [0.2, 0.25) is 0 Å². The van der Waals surface area contributed by atoms with Crippen LogP contribution in [0.3, 0.4) is 0 Å². The van der Waals surface area contributed by atoms with E-state index in [1.807, 2.05) is 7.11 Å². The minimum absolute atomic E-state index is 0.244. The maximum absolute atomic E-state index is 5.74. The average Bonchev–Trinajstić information content (AvgIpc) is 2.71. The van der Waals surface area contributed by atoms with E-state index in [-0.39, 0.29) is 6.10 Å². The van der Waals surface area contributed by atoms with Crippen LogP contribution in [0.1, 0.15) is 74.2 Å². The number of hydrogen-bond donors (Lipinski definition) is 0. The van der Waals surface area contributed by atoms with Gasteiger partial charge in [-0.1, -0.05) is 66.7 Å². The van der Waals surface area contributed by atoms with Crippen molar-refractivity contribution in [1.29, 1.82) is 0 Å². The molecule has 1 aliphatic carbocycles. The van der Waals surface area contributed by atoms with Crippen molar-refractivity contribution in [2.45, 2.75) is 57.5 Å². The van der Waals surface area contributed by atoms with Gasteiger partial charge in [-0.25, -0.2) is 0 Å². The minimum atomic E-state index is 0.244. The molecular weight excluding hydrogens is 316 g/mol. The van der Waals surface area contributed by atoms with Gasteiger partial charge in [-0.3, -0.25) is 0 Å². The molecule has 0 saturated heterocycles. The average molecular weight is 349 g/mol. The summed E-state index contributed by atoms with van der Waals surface area (Å²) < 4.78 is 5.74. The van der Waals surface area contributed by atoms with Crippen LogP contribution < -0.4 is 0 Å². The van der Waals surface area contributed by atoms with Crippen molar-refractivity contribution in [3.8, 4) is 0 Å². The lowest BCUT2D eigenvalue weighted by Gasteiger charge is -2.30. The first-order valence-electron chi connectivity index (χ1n) is 10.1. The molecule has 0 amide bonds. The van der Waals surface area contributed by atoms with E-state index in [4.69, 9.17) is 4.74 Å².